The van der Waals surface area contributed by atoms with E-state index in [2.05, 4.69) is 34.2 Å². The maximum Gasteiger partial charge on any atom is 0.223 e. The van der Waals surface area contributed by atoms with Gasteiger partial charge in [-0.2, -0.15) is 0 Å². The van der Waals surface area contributed by atoms with Crippen LogP contribution in [-0.4, -0.2) is 29.9 Å². The van der Waals surface area contributed by atoms with Crippen molar-refractivity contribution in [3.05, 3.63) is 35.7 Å². The second-order valence-electron chi connectivity index (χ2n) is 4.28. The molecule has 0 aromatic heterocycles. The standard InChI is InChI=1S/C13H16BrN2O/c1-10(17)16-8-6-11(7-9-16)15-13-5-3-2-4-12(13)14/h2-5,11,15H,1,6-9H2. The number of halogens is 1. The van der Waals surface area contributed by atoms with Crippen LogP contribution in [0.4, 0.5) is 5.69 Å². The van der Waals surface area contributed by atoms with Crippen LogP contribution in [0, 0.1) is 6.92 Å². The van der Waals surface area contributed by atoms with Crippen LogP contribution in [0.15, 0.2) is 28.7 Å². The molecule has 1 saturated heterocycles. The topological polar surface area (TPSA) is 32.3 Å². The van der Waals surface area contributed by atoms with E-state index < -0.39 is 0 Å². The van der Waals surface area contributed by atoms with Gasteiger partial charge >= 0.3 is 0 Å². The molecule has 1 fully saturated rings. The van der Waals surface area contributed by atoms with E-state index >= 15 is 0 Å². The van der Waals surface area contributed by atoms with Crippen molar-refractivity contribution < 1.29 is 4.79 Å². The molecule has 1 radical (unpaired) electrons. The summed E-state index contributed by atoms with van der Waals surface area (Å²) in [5, 5.41) is 3.50. The molecule has 2 rings (SSSR count). The number of anilines is 1. The van der Waals surface area contributed by atoms with Crippen molar-refractivity contribution in [2.45, 2.75) is 18.9 Å². The molecule has 1 aliphatic rings. The molecule has 1 N–H and O–H groups in total. The molecule has 0 saturated carbocycles. The van der Waals surface area contributed by atoms with E-state index in [1.54, 1.807) is 4.90 Å². The van der Waals surface area contributed by atoms with Crippen LogP contribution in [0.3, 0.4) is 0 Å². The fourth-order valence-electron chi connectivity index (χ4n) is 2.07. The number of hydrogen-bond acceptors (Lipinski definition) is 2. The van der Waals surface area contributed by atoms with Gasteiger partial charge in [0.25, 0.3) is 0 Å². The second-order valence-corrected chi connectivity index (χ2v) is 5.13. The van der Waals surface area contributed by atoms with Crippen LogP contribution >= 0.6 is 15.9 Å². The Morgan fingerprint density at radius 1 is 1.35 bits per heavy atom. The molecule has 3 nitrogen and oxygen atoms in total. The van der Waals surface area contributed by atoms with E-state index in [1.807, 2.05) is 18.2 Å². The Morgan fingerprint density at radius 2 is 2.00 bits per heavy atom. The molecule has 17 heavy (non-hydrogen) atoms. The molecule has 1 aromatic carbocycles. The first kappa shape index (κ1) is 12.4. The van der Waals surface area contributed by atoms with Gasteiger partial charge in [-0.05, 0) is 40.9 Å². The van der Waals surface area contributed by atoms with Crippen molar-refractivity contribution in [3.8, 4) is 0 Å². The lowest BCUT2D eigenvalue weighted by atomic mass is 10.0. The van der Waals surface area contributed by atoms with Crippen LogP contribution in [0.2, 0.25) is 0 Å². The summed E-state index contributed by atoms with van der Waals surface area (Å²) in [6.45, 7) is 5.04. The number of carbonyl (C=O) groups is 1. The van der Waals surface area contributed by atoms with Gasteiger partial charge in [0, 0.05) is 36.2 Å². The molecule has 91 valence electrons. The van der Waals surface area contributed by atoms with Gasteiger partial charge < -0.3 is 10.2 Å². The third-order valence-electron chi connectivity index (χ3n) is 3.08. The molecule has 0 spiro atoms. The summed E-state index contributed by atoms with van der Waals surface area (Å²) in [6, 6.07) is 8.53. The number of hydrogen-bond donors (Lipinski definition) is 1. The Bertz CT molecular complexity index is 400. The Balaban J connectivity index is 1.90. The molecule has 0 unspecified atom stereocenters. The second kappa shape index (κ2) is 5.54. The van der Waals surface area contributed by atoms with E-state index in [0.717, 1.165) is 36.1 Å². The van der Waals surface area contributed by atoms with E-state index in [1.165, 1.54) is 0 Å². The van der Waals surface area contributed by atoms with Crippen molar-refractivity contribution in [1.82, 2.24) is 4.90 Å². The highest BCUT2D eigenvalue weighted by molar-refractivity contribution is 9.10. The summed E-state index contributed by atoms with van der Waals surface area (Å²) in [4.78, 5) is 12.9. The predicted octanol–water partition coefficient (Wildman–Crippen LogP) is 2.69. The van der Waals surface area contributed by atoms with E-state index in [9.17, 15) is 4.79 Å². The molecule has 1 amide bonds. The first-order chi connectivity index (χ1) is 8.16. The number of para-hydroxylation sites is 1. The van der Waals surface area contributed by atoms with Crippen molar-refractivity contribution >= 4 is 27.5 Å². The van der Waals surface area contributed by atoms with Crippen LogP contribution in [0.5, 0.6) is 0 Å². The minimum absolute atomic E-state index is 0.0654. The summed E-state index contributed by atoms with van der Waals surface area (Å²) in [5.41, 5.74) is 1.12. The number of nitrogens with one attached hydrogen (secondary N) is 1. The number of nitrogens with zero attached hydrogens (tertiary/aromatic N) is 1. The summed E-state index contributed by atoms with van der Waals surface area (Å²) in [7, 11) is 0. The highest BCUT2D eigenvalue weighted by Gasteiger charge is 2.20. The maximum atomic E-state index is 11.1. The van der Waals surface area contributed by atoms with Crippen LogP contribution in [-0.2, 0) is 4.79 Å². The number of piperidine rings is 1. The molecule has 1 aliphatic heterocycles. The largest absolute Gasteiger partial charge is 0.381 e. The van der Waals surface area contributed by atoms with Crippen molar-refractivity contribution in [2.75, 3.05) is 18.4 Å². The third-order valence-corrected chi connectivity index (χ3v) is 3.77. The number of likely N-dealkylation sites (tertiary alicyclic amines) is 1. The monoisotopic (exact) mass is 295 g/mol. The number of amides is 1. The molecular weight excluding hydrogens is 280 g/mol. The quantitative estimate of drug-likeness (QED) is 0.910. The van der Waals surface area contributed by atoms with Crippen molar-refractivity contribution in [2.24, 2.45) is 0 Å². The van der Waals surface area contributed by atoms with Gasteiger partial charge in [0.1, 0.15) is 0 Å². The maximum absolute atomic E-state index is 11.1. The zero-order valence-electron chi connectivity index (χ0n) is 9.66. The summed E-state index contributed by atoms with van der Waals surface area (Å²) in [6.07, 6.45) is 1.95. The Hall–Kier alpha value is -1.03. The normalized spacial score (nSPS) is 16.9. The first-order valence-electron chi connectivity index (χ1n) is 5.79. The number of rotatable bonds is 2. The molecular formula is C13H16BrN2O. The minimum Gasteiger partial charge on any atom is -0.381 e. The SMILES string of the molecule is [CH2]C(=O)N1CCC(Nc2ccccc2Br)CC1. The summed E-state index contributed by atoms with van der Waals surface area (Å²) < 4.78 is 1.08. The number of carbonyl (C=O) groups excluding carboxylic acids is 1. The molecule has 0 aliphatic carbocycles. The van der Waals surface area contributed by atoms with Crippen molar-refractivity contribution in [1.29, 1.82) is 0 Å². The first-order valence-corrected chi connectivity index (χ1v) is 6.58. The van der Waals surface area contributed by atoms with E-state index in [-0.39, 0.29) is 5.91 Å². The zero-order chi connectivity index (χ0) is 12.3. The molecule has 4 heteroatoms. The Labute approximate surface area is 110 Å². The molecule has 1 heterocycles. The zero-order valence-corrected chi connectivity index (χ0v) is 11.2. The molecule has 0 atom stereocenters. The van der Waals surface area contributed by atoms with Crippen LogP contribution in [0.25, 0.3) is 0 Å². The van der Waals surface area contributed by atoms with Crippen LogP contribution < -0.4 is 5.32 Å². The summed E-state index contributed by atoms with van der Waals surface area (Å²) in [5.74, 6) is -0.0654. The highest BCUT2D eigenvalue weighted by Crippen LogP contribution is 2.24. The van der Waals surface area contributed by atoms with E-state index in [0.29, 0.717) is 6.04 Å². The predicted molar refractivity (Wildman–Crippen MR) is 72.7 cm³/mol. The van der Waals surface area contributed by atoms with Gasteiger partial charge in [-0.3, -0.25) is 4.79 Å². The third kappa shape index (κ3) is 3.22. The molecule has 1 aromatic rings. The number of benzene rings is 1. The molecule has 0 bridgehead atoms. The Kier molecular flexibility index (Phi) is 4.05. The van der Waals surface area contributed by atoms with Gasteiger partial charge in [0.05, 0.1) is 0 Å². The lowest BCUT2D eigenvalue weighted by Gasteiger charge is -2.32. The lowest BCUT2D eigenvalue weighted by molar-refractivity contribution is -0.127. The smallest absolute Gasteiger partial charge is 0.223 e. The van der Waals surface area contributed by atoms with Crippen LogP contribution in [0.1, 0.15) is 12.8 Å². The van der Waals surface area contributed by atoms with Crippen molar-refractivity contribution in [3.63, 3.8) is 0 Å². The fraction of sp³-hybridized carbons (Fsp3) is 0.385. The average Bonchev–Trinajstić information content (AvgIpc) is 2.33. The highest BCUT2D eigenvalue weighted by atomic mass is 79.9. The summed E-state index contributed by atoms with van der Waals surface area (Å²) >= 11 is 3.52. The van der Waals surface area contributed by atoms with Gasteiger partial charge in [-0.15, -0.1) is 0 Å². The van der Waals surface area contributed by atoms with Gasteiger partial charge in [-0.1, -0.05) is 12.1 Å². The minimum atomic E-state index is -0.0654. The fourth-order valence-corrected chi connectivity index (χ4v) is 2.47. The van der Waals surface area contributed by atoms with Gasteiger partial charge in [0.2, 0.25) is 5.91 Å². The average molecular weight is 296 g/mol. The van der Waals surface area contributed by atoms with E-state index in [4.69, 9.17) is 0 Å². The lowest BCUT2D eigenvalue weighted by Crippen LogP contribution is -2.41. The Morgan fingerprint density at radius 3 is 2.59 bits per heavy atom. The van der Waals surface area contributed by atoms with Gasteiger partial charge in [-0.25, -0.2) is 0 Å². The van der Waals surface area contributed by atoms with Gasteiger partial charge in [0.15, 0.2) is 0 Å².